The molecule has 2 fully saturated rings. The standard InChI is InChI=1S/C16H28N2O2/c1-5-13-14(19)18(10-6-7-11(2)3)16(4,12-8-9-12)15(20)17-13/h11-13H,5-10H2,1-4H3,(H,17,20). The summed E-state index contributed by atoms with van der Waals surface area (Å²) < 4.78 is 0. The molecule has 0 bridgehead atoms. The number of nitrogens with zero attached hydrogens (tertiary/aromatic N) is 1. The zero-order valence-corrected chi connectivity index (χ0v) is 13.2. The monoisotopic (exact) mass is 280 g/mol. The van der Waals surface area contributed by atoms with Crippen LogP contribution in [0, 0.1) is 11.8 Å². The van der Waals surface area contributed by atoms with Gasteiger partial charge in [-0.05, 0) is 50.9 Å². The van der Waals surface area contributed by atoms with Crippen molar-refractivity contribution in [2.24, 2.45) is 11.8 Å². The van der Waals surface area contributed by atoms with Crippen LogP contribution in [-0.2, 0) is 9.59 Å². The number of carbonyl (C=O) groups excluding carboxylic acids is 2. The Bertz CT molecular complexity index is 390. The Hall–Kier alpha value is -1.06. The highest BCUT2D eigenvalue weighted by atomic mass is 16.2. The zero-order valence-electron chi connectivity index (χ0n) is 13.2. The fraction of sp³-hybridized carbons (Fsp3) is 0.875. The summed E-state index contributed by atoms with van der Waals surface area (Å²) >= 11 is 0. The van der Waals surface area contributed by atoms with Crippen LogP contribution in [0.5, 0.6) is 0 Å². The van der Waals surface area contributed by atoms with Crippen molar-refractivity contribution in [3.63, 3.8) is 0 Å². The van der Waals surface area contributed by atoms with Crippen LogP contribution < -0.4 is 5.32 Å². The molecule has 0 aromatic carbocycles. The molecule has 0 aromatic heterocycles. The van der Waals surface area contributed by atoms with Crippen molar-refractivity contribution in [2.75, 3.05) is 6.54 Å². The lowest BCUT2D eigenvalue weighted by Crippen LogP contribution is -2.70. The average Bonchev–Trinajstić information content (AvgIpc) is 3.22. The summed E-state index contributed by atoms with van der Waals surface area (Å²) in [6.07, 6.45) is 4.88. The summed E-state index contributed by atoms with van der Waals surface area (Å²) in [7, 11) is 0. The van der Waals surface area contributed by atoms with Crippen molar-refractivity contribution in [1.29, 1.82) is 0 Å². The molecule has 1 saturated heterocycles. The minimum Gasteiger partial charge on any atom is -0.342 e. The molecule has 2 rings (SSSR count). The van der Waals surface area contributed by atoms with Gasteiger partial charge in [-0.1, -0.05) is 20.8 Å². The van der Waals surface area contributed by atoms with Crippen LogP contribution >= 0.6 is 0 Å². The number of carbonyl (C=O) groups is 2. The van der Waals surface area contributed by atoms with Gasteiger partial charge in [0.05, 0.1) is 0 Å². The van der Waals surface area contributed by atoms with E-state index in [1.54, 1.807) is 0 Å². The Morgan fingerprint density at radius 2 is 2.00 bits per heavy atom. The maximum absolute atomic E-state index is 12.6. The first-order valence-electron chi connectivity index (χ1n) is 8.03. The second kappa shape index (κ2) is 5.74. The molecule has 114 valence electrons. The second-order valence-electron chi connectivity index (χ2n) is 6.88. The number of rotatable bonds is 6. The van der Waals surface area contributed by atoms with Crippen LogP contribution in [0.3, 0.4) is 0 Å². The number of hydrogen-bond acceptors (Lipinski definition) is 2. The summed E-state index contributed by atoms with van der Waals surface area (Å²) in [5.74, 6) is 1.16. The molecule has 1 N–H and O–H groups in total. The van der Waals surface area contributed by atoms with Crippen molar-refractivity contribution in [1.82, 2.24) is 10.2 Å². The third kappa shape index (κ3) is 2.70. The van der Waals surface area contributed by atoms with Crippen LogP contribution in [0.4, 0.5) is 0 Å². The number of piperazine rings is 1. The molecule has 2 atom stereocenters. The lowest BCUT2D eigenvalue weighted by molar-refractivity contribution is -0.158. The largest absolute Gasteiger partial charge is 0.342 e. The van der Waals surface area contributed by atoms with Crippen molar-refractivity contribution in [2.45, 2.75) is 71.4 Å². The minimum absolute atomic E-state index is 0.0518. The highest BCUT2D eigenvalue weighted by Crippen LogP contribution is 2.45. The number of amides is 2. The van der Waals surface area contributed by atoms with Crippen LogP contribution in [0.25, 0.3) is 0 Å². The number of hydrogen-bond donors (Lipinski definition) is 1. The predicted octanol–water partition coefficient (Wildman–Crippen LogP) is 2.33. The van der Waals surface area contributed by atoms with Gasteiger partial charge in [-0.3, -0.25) is 9.59 Å². The Morgan fingerprint density at radius 3 is 2.50 bits per heavy atom. The fourth-order valence-electron chi connectivity index (χ4n) is 3.23. The lowest BCUT2D eigenvalue weighted by Gasteiger charge is -2.46. The molecule has 1 aliphatic carbocycles. The van der Waals surface area contributed by atoms with E-state index < -0.39 is 5.54 Å². The quantitative estimate of drug-likeness (QED) is 0.812. The molecule has 4 nitrogen and oxygen atoms in total. The summed E-state index contributed by atoms with van der Waals surface area (Å²) in [6.45, 7) is 9.02. The molecule has 1 heterocycles. The first-order chi connectivity index (χ1) is 9.41. The van der Waals surface area contributed by atoms with E-state index in [1.165, 1.54) is 0 Å². The topological polar surface area (TPSA) is 49.4 Å². The molecule has 2 unspecified atom stereocenters. The Morgan fingerprint density at radius 1 is 1.35 bits per heavy atom. The predicted molar refractivity (Wildman–Crippen MR) is 79.1 cm³/mol. The average molecular weight is 280 g/mol. The van der Waals surface area contributed by atoms with E-state index in [4.69, 9.17) is 0 Å². The van der Waals surface area contributed by atoms with Gasteiger partial charge in [0.1, 0.15) is 11.6 Å². The van der Waals surface area contributed by atoms with Crippen molar-refractivity contribution in [3.8, 4) is 0 Å². The maximum atomic E-state index is 12.6. The van der Waals surface area contributed by atoms with Gasteiger partial charge in [-0.25, -0.2) is 0 Å². The summed E-state index contributed by atoms with van der Waals surface area (Å²) in [4.78, 5) is 27.0. The molecular formula is C16H28N2O2. The maximum Gasteiger partial charge on any atom is 0.246 e. The Labute approximate surface area is 122 Å². The van der Waals surface area contributed by atoms with Crippen molar-refractivity contribution in [3.05, 3.63) is 0 Å². The van der Waals surface area contributed by atoms with Gasteiger partial charge < -0.3 is 10.2 Å². The van der Waals surface area contributed by atoms with Crippen LogP contribution in [0.2, 0.25) is 0 Å². The molecular weight excluding hydrogens is 252 g/mol. The van der Waals surface area contributed by atoms with Gasteiger partial charge in [0, 0.05) is 6.54 Å². The van der Waals surface area contributed by atoms with Crippen LogP contribution in [0.1, 0.15) is 59.8 Å². The first-order valence-corrected chi connectivity index (χ1v) is 8.03. The molecule has 20 heavy (non-hydrogen) atoms. The molecule has 1 saturated carbocycles. The smallest absolute Gasteiger partial charge is 0.246 e. The van der Waals surface area contributed by atoms with Gasteiger partial charge in [0.2, 0.25) is 11.8 Å². The Kier molecular flexibility index (Phi) is 4.40. The number of nitrogens with one attached hydrogen (secondary N) is 1. The van der Waals surface area contributed by atoms with E-state index in [2.05, 4.69) is 19.2 Å². The molecule has 2 amide bonds. The third-order valence-electron chi connectivity index (χ3n) is 4.83. The van der Waals surface area contributed by atoms with E-state index in [-0.39, 0.29) is 17.9 Å². The molecule has 0 radical (unpaired) electrons. The minimum atomic E-state index is -0.611. The fourth-order valence-corrected chi connectivity index (χ4v) is 3.23. The van der Waals surface area contributed by atoms with Gasteiger partial charge in [-0.15, -0.1) is 0 Å². The van der Waals surface area contributed by atoms with E-state index in [9.17, 15) is 9.59 Å². The van der Waals surface area contributed by atoms with Crippen LogP contribution in [0.15, 0.2) is 0 Å². The second-order valence-corrected chi connectivity index (χ2v) is 6.88. The van der Waals surface area contributed by atoms with E-state index in [0.717, 1.165) is 25.7 Å². The molecule has 2 aliphatic rings. The summed E-state index contributed by atoms with van der Waals surface area (Å²) in [5.41, 5.74) is -0.611. The summed E-state index contributed by atoms with van der Waals surface area (Å²) in [6, 6.07) is -0.326. The normalized spacial score (nSPS) is 30.9. The van der Waals surface area contributed by atoms with Crippen LogP contribution in [-0.4, -0.2) is 34.8 Å². The van der Waals surface area contributed by atoms with Gasteiger partial charge >= 0.3 is 0 Å². The molecule has 0 aromatic rings. The highest BCUT2D eigenvalue weighted by Gasteiger charge is 2.56. The van der Waals surface area contributed by atoms with E-state index in [1.807, 2.05) is 18.7 Å². The summed E-state index contributed by atoms with van der Waals surface area (Å²) in [5, 5.41) is 2.93. The van der Waals surface area contributed by atoms with E-state index >= 15 is 0 Å². The van der Waals surface area contributed by atoms with E-state index in [0.29, 0.717) is 24.8 Å². The highest BCUT2D eigenvalue weighted by molar-refractivity contribution is 6.00. The van der Waals surface area contributed by atoms with Gasteiger partial charge in [0.15, 0.2) is 0 Å². The van der Waals surface area contributed by atoms with Gasteiger partial charge in [-0.2, -0.15) is 0 Å². The molecule has 0 spiro atoms. The third-order valence-corrected chi connectivity index (χ3v) is 4.83. The lowest BCUT2D eigenvalue weighted by atomic mass is 9.87. The first kappa shape index (κ1) is 15.3. The SMILES string of the molecule is CCC1NC(=O)C(C)(C2CC2)N(CCCC(C)C)C1=O. The van der Waals surface area contributed by atoms with Gasteiger partial charge in [0.25, 0.3) is 0 Å². The molecule has 1 aliphatic heterocycles. The zero-order chi connectivity index (χ0) is 14.9. The molecule has 4 heteroatoms. The Balaban J connectivity index is 2.15. The van der Waals surface area contributed by atoms with Crippen molar-refractivity contribution < 1.29 is 9.59 Å². The van der Waals surface area contributed by atoms with Crippen molar-refractivity contribution >= 4 is 11.8 Å².